The average molecular weight is 388 g/mol. The second-order valence-corrected chi connectivity index (χ2v) is 7.06. The molecule has 1 unspecified atom stereocenters. The Morgan fingerprint density at radius 2 is 1.57 bits per heavy atom. The lowest BCUT2D eigenvalue weighted by atomic mass is 9.72. The molecule has 0 radical (unpaired) electrons. The zero-order valence-corrected chi connectivity index (χ0v) is 16.6. The number of hydrogen-bond acceptors (Lipinski definition) is 5. The van der Waals surface area contributed by atoms with Crippen molar-refractivity contribution in [3.8, 4) is 0 Å². The van der Waals surface area contributed by atoms with Crippen LogP contribution in [-0.2, 0) is 14.4 Å². The standard InChI is InChI=1S/C20H28N4O4/c1-4-7-14(8-5-2)16(25)22-15(13-9-11-21-12-10-13)20(6-3)17(26)23-19(28)24-18(20)27/h9-12,14-15H,4-8H2,1-3H3,(H,22,25)(H2,23,24,26,27,28). The Morgan fingerprint density at radius 3 is 2.04 bits per heavy atom. The maximum absolute atomic E-state index is 13.0. The van der Waals surface area contributed by atoms with Gasteiger partial charge < -0.3 is 5.32 Å². The molecule has 0 aliphatic carbocycles. The van der Waals surface area contributed by atoms with Gasteiger partial charge in [0.1, 0.15) is 0 Å². The van der Waals surface area contributed by atoms with Gasteiger partial charge in [-0.3, -0.25) is 30.0 Å². The molecule has 0 bridgehead atoms. The molecule has 8 nitrogen and oxygen atoms in total. The lowest BCUT2D eigenvalue weighted by Gasteiger charge is -2.40. The van der Waals surface area contributed by atoms with E-state index in [2.05, 4.69) is 20.9 Å². The number of urea groups is 1. The summed E-state index contributed by atoms with van der Waals surface area (Å²) >= 11 is 0. The van der Waals surface area contributed by atoms with E-state index in [0.29, 0.717) is 5.56 Å². The molecule has 0 aromatic carbocycles. The predicted octanol–water partition coefficient (Wildman–Crippen LogP) is 2.22. The number of aromatic nitrogens is 1. The van der Waals surface area contributed by atoms with Gasteiger partial charge in [-0.25, -0.2) is 4.79 Å². The second kappa shape index (κ2) is 9.43. The monoisotopic (exact) mass is 388 g/mol. The first kappa shape index (κ1) is 21.5. The molecule has 8 heteroatoms. The SMILES string of the molecule is CCCC(CCC)C(=O)NC(c1ccncc1)C1(CC)C(=O)NC(=O)NC1=O. The first-order valence-corrected chi connectivity index (χ1v) is 9.77. The number of rotatable bonds is 9. The number of barbiturate groups is 1. The first-order chi connectivity index (χ1) is 13.4. The van der Waals surface area contributed by atoms with Crippen molar-refractivity contribution >= 4 is 23.8 Å². The van der Waals surface area contributed by atoms with E-state index in [1.165, 1.54) is 12.4 Å². The summed E-state index contributed by atoms with van der Waals surface area (Å²) < 4.78 is 0. The van der Waals surface area contributed by atoms with E-state index >= 15 is 0 Å². The van der Waals surface area contributed by atoms with Crippen molar-refractivity contribution in [2.45, 2.75) is 58.9 Å². The lowest BCUT2D eigenvalue weighted by molar-refractivity contribution is -0.148. The lowest BCUT2D eigenvalue weighted by Crippen LogP contribution is -2.66. The fraction of sp³-hybridized carbons (Fsp3) is 0.550. The van der Waals surface area contributed by atoms with Gasteiger partial charge in [0.05, 0.1) is 6.04 Å². The zero-order chi connectivity index (χ0) is 20.7. The fourth-order valence-corrected chi connectivity index (χ4v) is 3.76. The largest absolute Gasteiger partial charge is 0.347 e. The van der Waals surface area contributed by atoms with Crippen LogP contribution in [0.5, 0.6) is 0 Å². The summed E-state index contributed by atoms with van der Waals surface area (Å²) in [4.78, 5) is 54.2. The maximum atomic E-state index is 13.0. The summed E-state index contributed by atoms with van der Waals surface area (Å²) in [5.41, 5.74) is -1.05. The van der Waals surface area contributed by atoms with Gasteiger partial charge in [0.2, 0.25) is 17.7 Å². The topological polar surface area (TPSA) is 117 Å². The number of nitrogens with zero attached hydrogens (tertiary/aromatic N) is 1. The van der Waals surface area contributed by atoms with Crippen molar-refractivity contribution in [3.63, 3.8) is 0 Å². The highest BCUT2D eigenvalue weighted by atomic mass is 16.2. The van der Waals surface area contributed by atoms with Gasteiger partial charge in [-0.15, -0.1) is 0 Å². The first-order valence-electron chi connectivity index (χ1n) is 9.77. The van der Waals surface area contributed by atoms with Crippen LogP contribution in [0.1, 0.15) is 64.5 Å². The maximum Gasteiger partial charge on any atom is 0.328 e. The summed E-state index contributed by atoms with van der Waals surface area (Å²) in [5.74, 6) is -1.83. The second-order valence-electron chi connectivity index (χ2n) is 7.06. The Kier molecular flexibility index (Phi) is 7.25. The summed E-state index contributed by atoms with van der Waals surface area (Å²) in [6.45, 7) is 5.71. The number of carbonyl (C=O) groups excluding carboxylic acids is 4. The minimum Gasteiger partial charge on any atom is -0.347 e. The van der Waals surface area contributed by atoms with Crippen LogP contribution in [0.3, 0.4) is 0 Å². The molecule has 1 atom stereocenters. The molecule has 5 amide bonds. The van der Waals surface area contributed by atoms with Crippen LogP contribution in [0, 0.1) is 11.3 Å². The van der Waals surface area contributed by atoms with Crippen LogP contribution in [0.15, 0.2) is 24.5 Å². The highest BCUT2D eigenvalue weighted by Crippen LogP contribution is 2.39. The molecule has 1 aromatic heterocycles. The molecule has 1 aliphatic rings. The molecule has 1 aliphatic heterocycles. The van der Waals surface area contributed by atoms with Crippen molar-refractivity contribution in [2.24, 2.45) is 11.3 Å². The van der Waals surface area contributed by atoms with Crippen molar-refractivity contribution in [1.29, 1.82) is 0 Å². The molecule has 2 heterocycles. The molecular weight excluding hydrogens is 360 g/mol. The molecular formula is C20H28N4O4. The number of pyridine rings is 1. The Bertz CT molecular complexity index is 709. The Hall–Kier alpha value is -2.77. The normalized spacial score (nSPS) is 17.1. The van der Waals surface area contributed by atoms with Crippen molar-refractivity contribution in [3.05, 3.63) is 30.1 Å². The van der Waals surface area contributed by atoms with Gasteiger partial charge in [-0.05, 0) is 37.0 Å². The van der Waals surface area contributed by atoms with Gasteiger partial charge in [0.25, 0.3) is 0 Å². The summed E-state index contributed by atoms with van der Waals surface area (Å²) in [6, 6.07) is 1.55. The van der Waals surface area contributed by atoms with E-state index in [4.69, 9.17) is 0 Å². The third kappa shape index (κ3) is 4.21. The van der Waals surface area contributed by atoms with E-state index < -0.39 is 29.3 Å². The van der Waals surface area contributed by atoms with Crippen molar-refractivity contribution in [1.82, 2.24) is 20.9 Å². The van der Waals surface area contributed by atoms with Gasteiger partial charge in [0.15, 0.2) is 5.41 Å². The van der Waals surface area contributed by atoms with Gasteiger partial charge in [-0.2, -0.15) is 0 Å². The average Bonchev–Trinajstić information content (AvgIpc) is 2.67. The van der Waals surface area contributed by atoms with E-state index in [1.807, 2.05) is 13.8 Å². The zero-order valence-electron chi connectivity index (χ0n) is 16.6. The Balaban J connectivity index is 2.47. The highest BCUT2D eigenvalue weighted by Gasteiger charge is 2.55. The molecule has 152 valence electrons. The number of nitrogens with one attached hydrogen (secondary N) is 3. The summed E-state index contributed by atoms with van der Waals surface area (Å²) in [5, 5.41) is 7.30. The van der Waals surface area contributed by atoms with Crippen LogP contribution in [0.2, 0.25) is 0 Å². The van der Waals surface area contributed by atoms with Gasteiger partial charge in [0, 0.05) is 18.3 Å². The molecule has 1 saturated heterocycles. The molecule has 2 rings (SSSR count). The Morgan fingerprint density at radius 1 is 1.04 bits per heavy atom. The molecule has 1 fully saturated rings. The van der Waals surface area contributed by atoms with Crippen LogP contribution < -0.4 is 16.0 Å². The van der Waals surface area contributed by atoms with Crippen LogP contribution in [-0.4, -0.2) is 28.7 Å². The fourth-order valence-electron chi connectivity index (χ4n) is 3.76. The third-order valence-corrected chi connectivity index (χ3v) is 5.29. The van der Waals surface area contributed by atoms with E-state index in [1.54, 1.807) is 19.1 Å². The minimum atomic E-state index is -1.63. The third-order valence-electron chi connectivity index (χ3n) is 5.29. The molecule has 1 aromatic rings. The van der Waals surface area contributed by atoms with Gasteiger partial charge in [-0.1, -0.05) is 33.6 Å². The molecule has 0 spiro atoms. The van der Waals surface area contributed by atoms with E-state index in [0.717, 1.165) is 25.7 Å². The smallest absolute Gasteiger partial charge is 0.328 e. The number of amides is 5. The van der Waals surface area contributed by atoms with Crippen molar-refractivity contribution < 1.29 is 19.2 Å². The van der Waals surface area contributed by atoms with E-state index in [9.17, 15) is 19.2 Å². The van der Waals surface area contributed by atoms with Crippen LogP contribution in [0.4, 0.5) is 4.79 Å². The van der Waals surface area contributed by atoms with E-state index in [-0.39, 0.29) is 18.2 Å². The summed E-state index contributed by atoms with van der Waals surface area (Å²) in [6.07, 6.45) is 6.34. The summed E-state index contributed by atoms with van der Waals surface area (Å²) in [7, 11) is 0. The minimum absolute atomic E-state index is 0.109. The molecule has 3 N–H and O–H groups in total. The van der Waals surface area contributed by atoms with Gasteiger partial charge >= 0.3 is 6.03 Å². The molecule has 28 heavy (non-hydrogen) atoms. The molecule has 0 saturated carbocycles. The Labute approximate surface area is 164 Å². The van der Waals surface area contributed by atoms with Crippen LogP contribution in [0.25, 0.3) is 0 Å². The predicted molar refractivity (Wildman–Crippen MR) is 103 cm³/mol. The number of imide groups is 2. The van der Waals surface area contributed by atoms with Crippen molar-refractivity contribution in [2.75, 3.05) is 0 Å². The van der Waals surface area contributed by atoms with Crippen LogP contribution >= 0.6 is 0 Å². The quantitative estimate of drug-likeness (QED) is 0.561. The number of carbonyl (C=O) groups is 4. The number of hydrogen-bond donors (Lipinski definition) is 3. The highest BCUT2D eigenvalue weighted by molar-refractivity contribution is 6.19.